The summed E-state index contributed by atoms with van der Waals surface area (Å²) in [5, 5.41) is 16.6. The second-order valence-corrected chi connectivity index (χ2v) is 3.86. The Kier molecular flexibility index (Phi) is 7.34. The van der Waals surface area contributed by atoms with E-state index >= 15 is 0 Å². The molecule has 0 saturated carbocycles. The second kappa shape index (κ2) is 8.21. The average Bonchev–Trinajstić information content (AvgIpc) is 2.30. The van der Waals surface area contributed by atoms with Crippen molar-refractivity contribution in [2.75, 3.05) is 0 Å². The lowest BCUT2D eigenvalue weighted by Crippen LogP contribution is -2.36. The van der Waals surface area contributed by atoms with Crippen LogP contribution in [0.5, 0.6) is 0 Å². The Labute approximate surface area is 106 Å². The standard InChI is InChI=1S/C10H16N2.C2H2O4/c1-9(2)12(11)8-10-6-4-3-5-7-10;3-1(4)2(5)6/h3-7,9H,8,11H2,1-2H3;(H,3,4)(H,5,6). The van der Waals surface area contributed by atoms with Crippen LogP contribution in [0.2, 0.25) is 0 Å². The van der Waals surface area contributed by atoms with Gasteiger partial charge in [0, 0.05) is 12.6 Å². The van der Waals surface area contributed by atoms with E-state index in [0.717, 1.165) is 6.54 Å². The van der Waals surface area contributed by atoms with Gasteiger partial charge in [-0.3, -0.25) is 5.84 Å². The summed E-state index contributed by atoms with van der Waals surface area (Å²) in [6.07, 6.45) is 0. The number of hydrogen-bond acceptors (Lipinski definition) is 4. The number of nitrogens with two attached hydrogens (primary N) is 1. The number of carboxylic acids is 2. The van der Waals surface area contributed by atoms with Gasteiger partial charge in [0.1, 0.15) is 0 Å². The molecule has 0 unspecified atom stereocenters. The summed E-state index contributed by atoms with van der Waals surface area (Å²) in [6, 6.07) is 10.6. The van der Waals surface area contributed by atoms with Gasteiger partial charge in [0.05, 0.1) is 0 Å². The van der Waals surface area contributed by atoms with E-state index in [-0.39, 0.29) is 0 Å². The molecule has 0 amide bonds. The number of aliphatic carboxylic acids is 2. The first kappa shape index (κ1) is 16.1. The maximum atomic E-state index is 9.10. The smallest absolute Gasteiger partial charge is 0.414 e. The first-order valence-electron chi connectivity index (χ1n) is 5.36. The monoisotopic (exact) mass is 254 g/mol. The van der Waals surface area contributed by atoms with Gasteiger partial charge in [-0.2, -0.15) is 0 Å². The van der Waals surface area contributed by atoms with Crippen molar-refractivity contribution < 1.29 is 19.8 Å². The number of nitrogens with zero attached hydrogens (tertiary/aromatic N) is 1. The largest absolute Gasteiger partial charge is 0.473 e. The van der Waals surface area contributed by atoms with Gasteiger partial charge in [-0.25, -0.2) is 14.6 Å². The Morgan fingerprint density at radius 1 is 1.17 bits per heavy atom. The van der Waals surface area contributed by atoms with Gasteiger partial charge in [0.25, 0.3) is 0 Å². The fraction of sp³-hybridized carbons (Fsp3) is 0.333. The molecule has 0 radical (unpaired) electrons. The van der Waals surface area contributed by atoms with E-state index < -0.39 is 11.9 Å². The highest BCUT2D eigenvalue weighted by Crippen LogP contribution is 2.03. The molecule has 0 bridgehead atoms. The molecule has 0 atom stereocenters. The Morgan fingerprint density at radius 2 is 1.61 bits per heavy atom. The molecule has 1 rings (SSSR count). The molecule has 0 heterocycles. The molecule has 100 valence electrons. The van der Waals surface area contributed by atoms with Crippen LogP contribution in [0.3, 0.4) is 0 Å². The Bertz CT molecular complexity index is 367. The minimum atomic E-state index is -1.82. The summed E-state index contributed by atoms with van der Waals surface area (Å²) in [7, 11) is 0. The predicted molar refractivity (Wildman–Crippen MR) is 66.6 cm³/mol. The number of benzene rings is 1. The van der Waals surface area contributed by atoms with E-state index in [1.165, 1.54) is 5.56 Å². The quantitative estimate of drug-likeness (QED) is 0.421. The third-order valence-electron chi connectivity index (χ3n) is 2.05. The zero-order chi connectivity index (χ0) is 14.1. The number of hydrogen-bond donors (Lipinski definition) is 3. The molecule has 0 saturated heterocycles. The number of rotatable bonds is 3. The molecule has 6 heteroatoms. The molecule has 0 aromatic heterocycles. The zero-order valence-electron chi connectivity index (χ0n) is 10.4. The molecule has 4 N–H and O–H groups in total. The van der Waals surface area contributed by atoms with Crippen molar-refractivity contribution in [3.63, 3.8) is 0 Å². The third kappa shape index (κ3) is 7.37. The van der Waals surface area contributed by atoms with Crippen molar-refractivity contribution in [1.29, 1.82) is 0 Å². The first-order valence-corrected chi connectivity index (χ1v) is 5.36. The predicted octanol–water partition coefficient (Wildman–Crippen LogP) is 0.926. The van der Waals surface area contributed by atoms with Crippen molar-refractivity contribution in [1.82, 2.24) is 5.01 Å². The van der Waals surface area contributed by atoms with E-state index in [4.69, 9.17) is 25.6 Å². The molecule has 0 aliphatic rings. The first-order chi connectivity index (χ1) is 8.34. The summed E-state index contributed by atoms with van der Waals surface area (Å²) in [5.74, 6) is 2.13. The maximum absolute atomic E-state index is 9.10. The highest BCUT2D eigenvalue weighted by Gasteiger charge is 2.04. The Morgan fingerprint density at radius 3 is 1.94 bits per heavy atom. The normalized spacial score (nSPS) is 9.83. The van der Waals surface area contributed by atoms with Crippen LogP contribution in [0.15, 0.2) is 30.3 Å². The highest BCUT2D eigenvalue weighted by atomic mass is 16.4. The Hall–Kier alpha value is -1.92. The van der Waals surface area contributed by atoms with E-state index in [0.29, 0.717) is 6.04 Å². The molecular weight excluding hydrogens is 236 g/mol. The van der Waals surface area contributed by atoms with E-state index in [1.807, 2.05) is 23.2 Å². The maximum Gasteiger partial charge on any atom is 0.414 e. The van der Waals surface area contributed by atoms with Gasteiger partial charge in [0.2, 0.25) is 0 Å². The van der Waals surface area contributed by atoms with Crippen LogP contribution in [0, 0.1) is 0 Å². The topological polar surface area (TPSA) is 104 Å². The third-order valence-corrected chi connectivity index (χ3v) is 2.05. The lowest BCUT2D eigenvalue weighted by atomic mass is 10.2. The van der Waals surface area contributed by atoms with Gasteiger partial charge < -0.3 is 10.2 Å². The van der Waals surface area contributed by atoms with Crippen LogP contribution >= 0.6 is 0 Å². The van der Waals surface area contributed by atoms with Crippen molar-refractivity contribution in [3.8, 4) is 0 Å². The molecule has 6 nitrogen and oxygen atoms in total. The molecule has 18 heavy (non-hydrogen) atoms. The lowest BCUT2D eigenvalue weighted by molar-refractivity contribution is -0.159. The SMILES string of the molecule is CC(C)N(N)Cc1ccccc1.O=C(O)C(=O)O. The van der Waals surface area contributed by atoms with Gasteiger partial charge in [-0.15, -0.1) is 0 Å². The fourth-order valence-corrected chi connectivity index (χ4v) is 0.977. The average molecular weight is 254 g/mol. The van der Waals surface area contributed by atoms with Crippen molar-refractivity contribution in [2.45, 2.75) is 26.4 Å². The van der Waals surface area contributed by atoms with Crippen LogP contribution in [0.4, 0.5) is 0 Å². The van der Waals surface area contributed by atoms with E-state index in [9.17, 15) is 0 Å². The van der Waals surface area contributed by atoms with E-state index in [2.05, 4.69) is 26.0 Å². The number of carbonyl (C=O) groups is 2. The molecule has 0 aliphatic carbocycles. The van der Waals surface area contributed by atoms with Crippen LogP contribution in [-0.2, 0) is 16.1 Å². The van der Waals surface area contributed by atoms with Crippen molar-refractivity contribution in [2.24, 2.45) is 5.84 Å². The zero-order valence-corrected chi connectivity index (χ0v) is 10.4. The molecule has 1 aromatic rings. The van der Waals surface area contributed by atoms with Crippen molar-refractivity contribution in [3.05, 3.63) is 35.9 Å². The highest BCUT2D eigenvalue weighted by molar-refractivity contribution is 6.27. The fourth-order valence-electron chi connectivity index (χ4n) is 0.977. The minimum Gasteiger partial charge on any atom is -0.473 e. The summed E-state index contributed by atoms with van der Waals surface area (Å²) in [6.45, 7) is 4.99. The Balaban J connectivity index is 0.000000411. The molecule has 0 spiro atoms. The molecular formula is C12H18N2O4. The van der Waals surface area contributed by atoms with Gasteiger partial charge in [0.15, 0.2) is 0 Å². The van der Waals surface area contributed by atoms with Gasteiger partial charge in [-0.1, -0.05) is 30.3 Å². The minimum absolute atomic E-state index is 0.394. The summed E-state index contributed by atoms with van der Waals surface area (Å²) in [4.78, 5) is 18.2. The molecule has 1 aromatic carbocycles. The van der Waals surface area contributed by atoms with Crippen LogP contribution in [0.1, 0.15) is 19.4 Å². The number of carboxylic acid groups (broad SMARTS) is 2. The molecule has 0 fully saturated rings. The second-order valence-electron chi connectivity index (χ2n) is 3.86. The molecule has 0 aliphatic heterocycles. The van der Waals surface area contributed by atoms with Crippen molar-refractivity contribution >= 4 is 11.9 Å². The summed E-state index contributed by atoms with van der Waals surface area (Å²) >= 11 is 0. The van der Waals surface area contributed by atoms with Crippen LogP contribution in [0.25, 0.3) is 0 Å². The van der Waals surface area contributed by atoms with Crippen LogP contribution < -0.4 is 5.84 Å². The van der Waals surface area contributed by atoms with Gasteiger partial charge >= 0.3 is 11.9 Å². The number of hydrazine groups is 1. The van der Waals surface area contributed by atoms with E-state index in [1.54, 1.807) is 0 Å². The van der Waals surface area contributed by atoms with Crippen LogP contribution in [-0.4, -0.2) is 33.2 Å². The van der Waals surface area contributed by atoms with Gasteiger partial charge in [-0.05, 0) is 19.4 Å². The summed E-state index contributed by atoms with van der Waals surface area (Å²) < 4.78 is 0. The summed E-state index contributed by atoms with van der Waals surface area (Å²) in [5.41, 5.74) is 1.26. The lowest BCUT2D eigenvalue weighted by Gasteiger charge is -2.20.